The lowest BCUT2D eigenvalue weighted by atomic mass is 9.85. The van der Waals surface area contributed by atoms with Gasteiger partial charge in [-0.1, -0.05) is 87.4 Å². The Morgan fingerprint density at radius 3 is 1.94 bits per heavy atom. The number of unbranched alkanes of at least 4 members (excludes halogenated alkanes) is 2. The highest BCUT2D eigenvalue weighted by atomic mass is 19.1. The molecule has 0 saturated heterocycles. The summed E-state index contributed by atoms with van der Waals surface area (Å²) in [5.74, 6) is -0.594. The van der Waals surface area contributed by atoms with Gasteiger partial charge in [0, 0.05) is 23.1 Å². The molecule has 1 nitrogen and oxygen atoms in total. The number of benzene rings is 4. The van der Waals surface area contributed by atoms with Gasteiger partial charge in [0.1, 0.15) is 11.6 Å². The Labute approximate surface area is 201 Å². The lowest BCUT2D eigenvalue weighted by Gasteiger charge is -2.20. The summed E-state index contributed by atoms with van der Waals surface area (Å²) in [6.07, 6.45) is 5.79. The molecule has 176 valence electrons. The number of hydrogen-bond acceptors (Lipinski definition) is 1. The minimum Gasteiger partial charge on any atom is -0.326 e. The molecular formula is C31H33F2N. The third-order valence-electron chi connectivity index (χ3n) is 6.69. The number of hydrogen-bond donors (Lipinski definition) is 1. The van der Waals surface area contributed by atoms with Crippen LogP contribution in [0.25, 0.3) is 33.0 Å². The van der Waals surface area contributed by atoms with E-state index in [-0.39, 0.29) is 11.6 Å². The van der Waals surface area contributed by atoms with Crippen LogP contribution in [0.3, 0.4) is 0 Å². The molecule has 0 atom stereocenters. The minimum absolute atomic E-state index is 0.249. The van der Waals surface area contributed by atoms with E-state index in [0.29, 0.717) is 28.6 Å². The van der Waals surface area contributed by atoms with E-state index in [1.807, 2.05) is 54.6 Å². The summed E-state index contributed by atoms with van der Waals surface area (Å²) in [6.45, 7) is 4.77. The average molecular weight is 458 g/mol. The highest BCUT2D eigenvalue weighted by molar-refractivity contribution is 5.93. The molecule has 34 heavy (non-hydrogen) atoms. The summed E-state index contributed by atoms with van der Waals surface area (Å²) >= 11 is 0. The molecule has 0 aromatic heterocycles. The second kappa shape index (κ2) is 10.9. The van der Waals surface area contributed by atoms with Crippen LogP contribution in [0.1, 0.15) is 56.2 Å². The van der Waals surface area contributed by atoms with E-state index in [9.17, 15) is 0 Å². The summed E-state index contributed by atoms with van der Waals surface area (Å²) in [6, 6.07) is 20.4. The Balaban J connectivity index is 1.90. The molecule has 0 bridgehead atoms. The number of fused-ring (bicyclic) bond motifs is 1. The van der Waals surface area contributed by atoms with Crippen LogP contribution >= 0.6 is 0 Å². The van der Waals surface area contributed by atoms with Gasteiger partial charge in [0.05, 0.1) is 0 Å². The first-order valence-electron chi connectivity index (χ1n) is 12.4. The number of aryl methyl sites for hydroxylation is 1. The molecule has 2 N–H and O–H groups in total. The molecule has 0 amide bonds. The Morgan fingerprint density at radius 2 is 1.32 bits per heavy atom. The van der Waals surface area contributed by atoms with E-state index in [2.05, 4.69) is 13.8 Å². The summed E-state index contributed by atoms with van der Waals surface area (Å²) in [5, 5.41) is 1.60. The van der Waals surface area contributed by atoms with Crippen LogP contribution in [0.4, 0.5) is 8.78 Å². The van der Waals surface area contributed by atoms with Crippen molar-refractivity contribution in [1.29, 1.82) is 0 Å². The zero-order chi connectivity index (χ0) is 24.1. The third-order valence-corrected chi connectivity index (χ3v) is 6.69. The Kier molecular flexibility index (Phi) is 7.74. The number of halogens is 2. The minimum atomic E-state index is -0.345. The zero-order valence-corrected chi connectivity index (χ0v) is 20.1. The molecule has 4 rings (SSSR count). The maximum Gasteiger partial charge on any atom is 0.139 e. The van der Waals surface area contributed by atoms with E-state index < -0.39 is 0 Å². The van der Waals surface area contributed by atoms with Crippen molar-refractivity contribution in [3.8, 4) is 22.3 Å². The maximum atomic E-state index is 16.0. The summed E-state index contributed by atoms with van der Waals surface area (Å²) < 4.78 is 31.4. The van der Waals surface area contributed by atoms with Crippen molar-refractivity contribution in [3.05, 3.63) is 95.1 Å². The molecule has 0 radical (unpaired) electrons. The van der Waals surface area contributed by atoms with E-state index in [1.165, 1.54) is 11.6 Å². The van der Waals surface area contributed by atoms with Crippen LogP contribution in [0.2, 0.25) is 0 Å². The van der Waals surface area contributed by atoms with Crippen LogP contribution in [0, 0.1) is 11.6 Å². The van der Waals surface area contributed by atoms with Crippen LogP contribution < -0.4 is 5.73 Å². The van der Waals surface area contributed by atoms with Crippen molar-refractivity contribution < 1.29 is 8.78 Å². The largest absolute Gasteiger partial charge is 0.326 e. The monoisotopic (exact) mass is 457 g/mol. The fourth-order valence-electron chi connectivity index (χ4n) is 4.81. The normalized spacial score (nSPS) is 11.3. The van der Waals surface area contributed by atoms with Gasteiger partial charge in [-0.3, -0.25) is 0 Å². The van der Waals surface area contributed by atoms with Gasteiger partial charge in [-0.15, -0.1) is 0 Å². The Hall–Kier alpha value is -3.04. The predicted octanol–water partition coefficient (Wildman–Crippen LogP) is 8.60. The highest BCUT2D eigenvalue weighted by Gasteiger charge is 2.21. The van der Waals surface area contributed by atoms with Gasteiger partial charge in [0.25, 0.3) is 0 Å². The molecule has 0 heterocycles. The fourth-order valence-corrected chi connectivity index (χ4v) is 4.81. The molecule has 0 fully saturated rings. The van der Waals surface area contributed by atoms with Gasteiger partial charge in [-0.25, -0.2) is 8.78 Å². The molecule has 0 aliphatic rings. The van der Waals surface area contributed by atoms with Gasteiger partial charge in [0.2, 0.25) is 0 Å². The molecule has 0 aliphatic heterocycles. The maximum absolute atomic E-state index is 16.0. The first-order chi connectivity index (χ1) is 16.6. The smallest absolute Gasteiger partial charge is 0.139 e. The number of rotatable bonds is 9. The van der Waals surface area contributed by atoms with Gasteiger partial charge in [-0.05, 0) is 65.0 Å². The average Bonchev–Trinajstić information content (AvgIpc) is 2.87. The van der Waals surface area contributed by atoms with Crippen LogP contribution in [-0.4, -0.2) is 0 Å². The molecule has 0 spiro atoms. The van der Waals surface area contributed by atoms with E-state index in [4.69, 9.17) is 5.73 Å². The third kappa shape index (κ3) is 4.76. The van der Waals surface area contributed by atoms with Crippen molar-refractivity contribution in [2.75, 3.05) is 0 Å². The van der Waals surface area contributed by atoms with E-state index in [1.54, 1.807) is 6.07 Å². The van der Waals surface area contributed by atoms with Crippen LogP contribution in [-0.2, 0) is 19.4 Å². The quantitative estimate of drug-likeness (QED) is 0.267. The van der Waals surface area contributed by atoms with Gasteiger partial charge >= 0.3 is 0 Å². The first-order valence-corrected chi connectivity index (χ1v) is 12.4. The summed E-state index contributed by atoms with van der Waals surface area (Å²) in [4.78, 5) is 0. The summed E-state index contributed by atoms with van der Waals surface area (Å²) in [7, 11) is 0. The molecule has 4 aromatic carbocycles. The molecular weight excluding hydrogens is 424 g/mol. The fraction of sp³-hybridized carbons (Fsp3) is 0.290. The molecule has 0 aliphatic carbocycles. The SMILES string of the molecule is CCCCc1c(-c2ccc(-c3ccc(CN)cc3)c(F)c2)c(F)c2ccccc2c1CCCC. The van der Waals surface area contributed by atoms with Crippen molar-refractivity contribution >= 4 is 10.8 Å². The van der Waals surface area contributed by atoms with E-state index in [0.717, 1.165) is 60.6 Å². The van der Waals surface area contributed by atoms with Gasteiger partial charge in [0.15, 0.2) is 0 Å². The van der Waals surface area contributed by atoms with Crippen molar-refractivity contribution in [1.82, 2.24) is 0 Å². The Bertz CT molecular complexity index is 1280. The van der Waals surface area contributed by atoms with Crippen molar-refractivity contribution in [2.45, 2.75) is 58.9 Å². The molecule has 0 unspecified atom stereocenters. The molecule has 3 heteroatoms. The van der Waals surface area contributed by atoms with Gasteiger partial charge in [-0.2, -0.15) is 0 Å². The van der Waals surface area contributed by atoms with E-state index >= 15 is 8.78 Å². The van der Waals surface area contributed by atoms with Crippen LogP contribution in [0.15, 0.2) is 66.7 Å². The van der Waals surface area contributed by atoms with Crippen molar-refractivity contribution in [3.63, 3.8) is 0 Å². The second-order valence-electron chi connectivity index (χ2n) is 8.99. The lowest BCUT2D eigenvalue weighted by molar-refractivity contribution is 0.629. The molecule has 4 aromatic rings. The van der Waals surface area contributed by atoms with Crippen molar-refractivity contribution in [2.24, 2.45) is 5.73 Å². The first kappa shape index (κ1) is 24.1. The summed E-state index contributed by atoms with van der Waals surface area (Å²) in [5.41, 5.74) is 11.4. The number of nitrogens with two attached hydrogens (primary N) is 1. The van der Waals surface area contributed by atoms with Gasteiger partial charge < -0.3 is 5.73 Å². The highest BCUT2D eigenvalue weighted by Crippen LogP contribution is 2.39. The molecule has 0 saturated carbocycles. The second-order valence-corrected chi connectivity index (χ2v) is 8.99. The topological polar surface area (TPSA) is 26.0 Å². The predicted molar refractivity (Wildman–Crippen MR) is 140 cm³/mol. The Morgan fingerprint density at radius 1 is 0.706 bits per heavy atom. The van der Waals surface area contributed by atoms with Crippen LogP contribution in [0.5, 0.6) is 0 Å². The zero-order valence-electron chi connectivity index (χ0n) is 20.1. The lowest BCUT2D eigenvalue weighted by Crippen LogP contribution is -2.04. The standard InChI is InChI=1S/C31H33F2N/c1-3-5-9-25-26-11-7-8-12-28(26)31(33)30(27(25)10-6-4-2)23-17-18-24(29(32)19-23)22-15-13-21(20-34)14-16-22/h7-8,11-19H,3-6,9-10,20,34H2,1-2H3.